The van der Waals surface area contributed by atoms with Crippen LogP contribution in [0.4, 0.5) is 15.0 Å². The Hall–Kier alpha value is -3.12. The van der Waals surface area contributed by atoms with Crippen LogP contribution in [0, 0.1) is 12.7 Å². The Morgan fingerprint density at radius 3 is 2.54 bits per heavy atom. The van der Waals surface area contributed by atoms with Gasteiger partial charge in [0.15, 0.2) is 0 Å². The summed E-state index contributed by atoms with van der Waals surface area (Å²) in [7, 11) is -3.07. The van der Waals surface area contributed by atoms with Gasteiger partial charge in [-0.05, 0) is 78.6 Å². The summed E-state index contributed by atoms with van der Waals surface area (Å²) < 4.78 is 38.6. The van der Waals surface area contributed by atoms with Gasteiger partial charge in [0.25, 0.3) is 5.91 Å². The van der Waals surface area contributed by atoms with Crippen molar-refractivity contribution in [3.63, 3.8) is 0 Å². The maximum atomic E-state index is 15.4. The molecule has 13 heteroatoms. The van der Waals surface area contributed by atoms with E-state index in [0.717, 1.165) is 6.07 Å². The summed E-state index contributed by atoms with van der Waals surface area (Å²) in [6.07, 6.45) is 0.955. The first-order valence-electron chi connectivity index (χ1n) is 12.4. The molecule has 0 saturated carbocycles. The van der Waals surface area contributed by atoms with Gasteiger partial charge in [0.05, 0.1) is 20.0 Å². The van der Waals surface area contributed by atoms with E-state index in [9.17, 15) is 13.8 Å². The summed E-state index contributed by atoms with van der Waals surface area (Å²) in [6, 6.07) is 4.08. The lowest BCUT2D eigenvalue weighted by Gasteiger charge is -2.44. The first kappa shape index (κ1) is 28.9. The largest absolute Gasteiger partial charge is 0.444 e. The fraction of sp³-hybridized carbons (Fsp3) is 0.500. The molecule has 0 fully saturated rings. The van der Waals surface area contributed by atoms with Crippen LogP contribution in [-0.4, -0.2) is 54.2 Å². The van der Waals surface area contributed by atoms with E-state index < -0.39 is 48.7 Å². The van der Waals surface area contributed by atoms with Crippen LogP contribution in [0.25, 0.3) is 0 Å². The molecule has 2 N–H and O–H groups in total. The summed E-state index contributed by atoms with van der Waals surface area (Å²) in [6.45, 7) is 12.1. The number of halogens is 2. The SMILES string of the molecule is Cc1cc(Cl)cnc1C(=O)Nc1ccc(F)c([C@@]2(C)N=C(NC(=O)OC(C)(C)C)C(C)(C)S3(=O)=NCC[C@@H]23)n1. The van der Waals surface area contributed by atoms with E-state index in [1.807, 2.05) is 0 Å². The van der Waals surface area contributed by atoms with Crippen LogP contribution in [-0.2, 0) is 20.0 Å². The third-order valence-corrected chi connectivity index (χ3v) is 10.7. The van der Waals surface area contributed by atoms with Crippen molar-refractivity contribution in [3.8, 4) is 0 Å². The molecule has 0 spiro atoms. The number of nitrogens with one attached hydrogen (secondary N) is 2. The molecule has 0 bridgehead atoms. The van der Waals surface area contributed by atoms with Crippen molar-refractivity contribution in [2.45, 2.75) is 76.0 Å². The van der Waals surface area contributed by atoms with Gasteiger partial charge in [-0.1, -0.05) is 11.6 Å². The second-order valence-corrected chi connectivity index (χ2v) is 14.7. The van der Waals surface area contributed by atoms with Crippen LogP contribution < -0.4 is 10.6 Å². The Labute approximate surface area is 232 Å². The van der Waals surface area contributed by atoms with Crippen LogP contribution in [0.1, 0.15) is 69.7 Å². The Morgan fingerprint density at radius 1 is 1.21 bits per heavy atom. The van der Waals surface area contributed by atoms with Crippen LogP contribution in [0.15, 0.2) is 33.8 Å². The number of carbonyl (C=O) groups excluding carboxylic acids is 2. The Balaban J connectivity index is 1.78. The highest BCUT2D eigenvalue weighted by Crippen LogP contribution is 2.47. The van der Waals surface area contributed by atoms with E-state index in [-0.39, 0.29) is 29.6 Å². The van der Waals surface area contributed by atoms with Gasteiger partial charge in [-0.25, -0.2) is 27.7 Å². The molecule has 210 valence electrons. The summed E-state index contributed by atoms with van der Waals surface area (Å²) in [5, 5.41) is 4.97. The van der Waals surface area contributed by atoms with Gasteiger partial charge in [0.1, 0.15) is 44.7 Å². The second kappa shape index (κ2) is 9.81. The van der Waals surface area contributed by atoms with Crippen molar-refractivity contribution in [1.82, 2.24) is 15.3 Å². The van der Waals surface area contributed by atoms with E-state index >= 15 is 4.39 Å². The summed E-state index contributed by atoms with van der Waals surface area (Å²) >= 11 is 5.95. The molecule has 3 atom stereocenters. The molecule has 0 aromatic carbocycles. The van der Waals surface area contributed by atoms with Crippen molar-refractivity contribution in [2.24, 2.45) is 9.36 Å². The number of anilines is 1. The average molecular weight is 579 g/mol. The number of hydrogen-bond acceptors (Lipinski definition) is 8. The quantitative estimate of drug-likeness (QED) is 0.526. The zero-order chi connectivity index (χ0) is 29.0. The van der Waals surface area contributed by atoms with Gasteiger partial charge in [-0.3, -0.25) is 15.1 Å². The number of fused-ring (bicyclic) bond motifs is 1. The second-order valence-electron chi connectivity index (χ2n) is 11.2. The molecule has 1 unspecified atom stereocenters. The van der Waals surface area contributed by atoms with Crippen molar-refractivity contribution in [2.75, 3.05) is 11.9 Å². The Bertz CT molecular complexity index is 1510. The maximum Gasteiger partial charge on any atom is 0.413 e. The highest BCUT2D eigenvalue weighted by Gasteiger charge is 2.58. The van der Waals surface area contributed by atoms with Gasteiger partial charge in [-0.15, -0.1) is 0 Å². The summed E-state index contributed by atoms with van der Waals surface area (Å²) in [5.41, 5.74) is -1.70. The number of nitrogens with zero attached hydrogens (tertiary/aromatic N) is 4. The smallest absolute Gasteiger partial charge is 0.413 e. The molecule has 0 radical (unpaired) electrons. The molecule has 0 saturated heterocycles. The van der Waals surface area contributed by atoms with E-state index in [1.54, 1.807) is 54.5 Å². The molecule has 4 rings (SSSR count). The van der Waals surface area contributed by atoms with Crippen molar-refractivity contribution in [1.29, 1.82) is 0 Å². The minimum atomic E-state index is -3.07. The van der Waals surface area contributed by atoms with Gasteiger partial charge in [-0.2, -0.15) is 0 Å². The predicted molar refractivity (Wildman–Crippen MR) is 148 cm³/mol. The third kappa shape index (κ3) is 5.23. The summed E-state index contributed by atoms with van der Waals surface area (Å²) in [5.74, 6) is -1.15. The lowest BCUT2D eigenvalue weighted by molar-refractivity contribution is 0.0560. The van der Waals surface area contributed by atoms with Gasteiger partial charge in [0, 0.05) is 12.7 Å². The minimum absolute atomic E-state index is 0.0527. The predicted octanol–water partition coefficient (Wildman–Crippen LogP) is 5.00. The van der Waals surface area contributed by atoms with E-state index in [1.165, 1.54) is 12.3 Å². The fourth-order valence-corrected chi connectivity index (χ4v) is 8.23. The fourth-order valence-electron chi connectivity index (χ4n) is 4.85. The molecule has 39 heavy (non-hydrogen) atoms. The number of aromatic nitrogens is 2. The minimum Gasteiger partial charge on any atom is -0.444 e. The zero-order valence-electron chi connectivity index (χ0n) is 22.9. The number of hydrogen-bond donors (Lipinski definition) is 2. The normalized spacial score (nSPS) is 25.7. The Kier molecular flexibility index (Phi) is 7.26. The van der Waals surface area contributed by atoms with Crippen molar-refractivity contribution in [3.05, 3.63) is 52.2 Å². The van der Waals surface area contributed by atoms with Gasteiger partial charge < -0.3 is 10.1 Å². The lowest BCUT2D eigenvalue weighted by atomic mass is 9.89. The number of carbonyl (C=O) groups is 2. The van der Waals surface area contributed by atoms with Gasteiger partial charge in [0.2, 0.25) is 0 Å². The molecule has 10 nitrogen and oxygen atoms in total. The molecule has 2 aromatic rings. The molecule has 2 aromatic heterocycles. The number of amidine groups is 1. The molecular weight excluding hydrogens is 547 g/mol. The van der Waals surface area contributed by atoms with Gasteiger partial charge >= 0.3 is 6.09 Å². The number of aliphatic imine (C=N–C) groups is 1. The number of pyridine rings is 2. The van der Waals surface area contributed by atoms with Crippen LogP contribution in [0.3, 0.4) is 0 Å². The molecule has 2 aliphatic heterocycles. The third-order valence-electron chi connectivity index (χ3n) is 6.78. The zero-order valence-corrected chi connectivity index (χ0v) is 24.5. The highest BCUT2D eigenvalue weighted by molar-refractivity contribution is 7.96. The van der Waals surface area contributed by atoms with E-state index in [4.69, 9.17) is 21.3 Å². The summed E-state index contributed by atoms with van der Waals surface area (Å²) in [4.78, 5) is 38.9. The molecule has 2 aliphatic rings. The number of alkyl carbamates (subject to hydrolysis) is 1. The Morgan fingerprint density at radius 2 is 1.90 bits per heavy atom. The number of amides is 2. The topological polar surface area (TPSA) is 135 Å². The number of rotatable bonds is 3. The highest BCUT2D eigenvalue weighted by atomic mass is 35.5. The first-order chi connectivity index (χ1) is 18.0. The van der Waals surface area contributed by atoms with Crippen LogP contribution in [0.2, 0.25) is 5.02 Å². The molecule has 2 amide bonds. The molecular formula is C26H32ClFN6O4S. The molecule has 0 aliphatic carbocycles. The van der Waals surface area contributed by atoms with E-state index in [0.29, 0.717) is 17.0 Å². The van der Waals surface area contributed by atoms with Crippen LogP contribution >= 0.6 is 11.6 Å². The van der Waals surface area contributed by atoms with Crippen molar-refractivity contribution < 1.29 is 22.9 Å². The average Bonchev–Trinajstić information content (AvgIpc) is 3.22. The standard InChI is InChI=1S/C26H32ClFN6O4S/c1-14-12-15(27)13-29-19(14)21(35)32-18-9-8-16(28)20(31-18)26(7)17-10-11-30-39(17,37)25(5,6)22(34-26)33-23(36)38-24(2,3)4/h8-9,12-13,17H,10-11H2,1-7H3,(H,31,32,35)(H,33,34,36)/t17-,26-,39?/m0/s1. The van der Waals surface area contributed by atoms with Crippen LogP contribution in [0.5, 0.6) is 0 Å². The monoisotopic (exact) mass is 578 g/mol. The van der Waals surface area contributed by atoms with E-state index in [2.05, 4.69) is 25.0 Å². The number of ether oxygens (including phenoxy) is 1. The molecule has 4 heterocycles. The first-order valence-corrected chi connectivity index (χ1v) is 14.4. The number of aryl methyl sites for hydroxylation is 1. The maximum absolute atomic E-state index is 15.4. The lowest BCUT2D eigenvalue weighted by Crippen LogP contribution is -2.61. The van der Waals surface area contributed by atoms with Crippen molar-refractivity contribution >= 4 is 45.0 Å².